The van der Waals surface area contributed by atoms with E-state index >= 15 is 0 Å². The number of hydrogen-bond acceptors (Lipinski definition) is 4. The van der Waals surface area contributed by atoms with Gasteiger partial charge < -0.3 is 10.3 Å². The van der Waals surface area contributed by atoms with Crippen LogP contribution in [0.25, 0.3) is 0 Å². The molecule has 0 aliphatic heterocycles. The first-order valence-electron chi connectivity index (χ1n) is 3.30. The van der Waals surface area contributed by atoms with Gasteiger partial charge in [-0.05, 0) is 18.2 Å². The first kappa shape index (κ1) is 11.1. The largest absolute Gasteiger partial charge is 0.398 e. The summed E-state index contributed by atoms with van der Waals surface area (Å²) in [5, 5.41) is 0. The van der Waals surface area contributed by atoms with Crippen LogP contribution in [0.4, 0.5) is 5.69 Å². The molecule has 6 nitrogen and oxygen atoms in total. The molecule has 0 amide bonds. The fraction of sp³-hybridized carbons (Fsp3) is 0. The number of nitrogen functional groups attached to an aromatic ring is 1. The molecule has 0 radical (unpaired) electrons. The van der Waals surface area contributed by atoms with E-state index in [1.807, 2.05) is 0 Å². The number of nitrogens with two attached hydrogens (primary N) is 1. The Kier molecular flexibility index (Phi) is 2.90. The van der Waals surface area contributed by atoms with Crippen LogP contribution < -0.4 is 5.73 Å². The van der Waals surface area contributed by atoms with E-state index in [2.05, 4.69) is 0 Å². The van der Waals surface area contributed by atoms with E-state index in [0.29, 0.717) is 0 Å². The Morgan fingerprint density at radius 1 is 1.36 bits per heavy atom. The predicted molar refractivity (Wildman–Crippen MR) is 49.7 cm³/mol. The van der Waals surface area contributed by atoms with Gasteiger partial charge in [-0.3, -0.25) is 4.55 Å². The van der Waals surface area contributed by atoms with Gasteiger partial charge in [0.2, 0.25) is 0 Å². The van der Waals surface area contributed by atoms with Crippen LogP contribution in [0.2, 0.25) is 0 Å². The molecule has 0 heterocycles. The molecular weight excluding hydrogens is 230 g/mol. The molecule has 1 aromatic carbocycles. The summed E-state index contributed by atoms with van der Waals surface area (Å²) in [5.41, 5.74) is 5.08. The zero-order valence-corrected chi connectivity index (χ0v) is 8.38. The molecule has 0 fully saturated rings. The summed E-state index contributed by atoms with van der Waals surface area (Å²) in [6, 6.07) is 3.17. The maximum atomic E-state index is 10.7. The van der Waals surface area contributed by atoms with Gasteiger partial charge in [-0.2, -0.15) is 8.42 Å². The topological polar surface area (TPSA) is 118 Å². The van der Waals surface area contributed by atoms with E-state index in [4.69, 9.17) is 14.8 Å². The number of hydrogen-bond donors (Lipinski definition) is 3. The highest BCUT2D eigenvalue weighted by atomic mass is 32.2. The molecule has 1 atom stereocenters. The molecule has 78 valence electrons. The molecule has 0 aliphatic carbocycles. The van der Waals surface area contributed by atoms with Crippen LogP contribution in [0, 0.1) is 0 Å². The average molecular weight is 237 g/mol. The molecule has 0 aromatic heterocycles. The van der Waals surface area contributed by atoms with Crippen molar-refractivity contribution in [1.82, 2.24) is 0 Å². The van der Waals surface area contributed by atoms with E-state index in [9.17, 15) is 12.6 Å². The average Bonchev–Trinajstić information content (AvgIpc) is 2.02. The van der Waals surface area contributed by atoms with Crippen molar-refractivity contribution < 1.29 is 21.7 Å². The van der Waals surface area contributed by atoms with Crippen molar-refractivity contribution in [2.75, 3.05) is 5.73 Å². The summed E-state index contributed by atoms with van der Waals surface area (Å²) in [5.74, 6) is 0. The SMILES string of the molecule is Nc1ccc(S(=O)O)cc1S(=O)(=O)O. The Balaban J connectivity index is 3.44. The molecule has 1 aromatic rings. The van der Waals surface area contributed by atoms with Crippen LogP contribution >= 0.6 is 0 Å². The van der Waals surface area contributed by atoms with E-state index in [1.165, 1.54) is 6.07 Å². The smallest absolute Gasteiger partial charge is 0.296 e. The lowest BCUT2D eigenvalue weighted by molar-refractivity contribution is 0.483. The normalized spacial score (nSPS) is 13.9. The summed E-state index contributed by atoms with van der Waals surface area (Å²) < 4.78 is 49.4. The predicted octanol–water partition coefficient (Wildman–Crippen LogP) is 0.0961. The highest BCUT2D eigenvalue weighted by molar-refractivity contribution is 7.86. The highest BCUT2D eigenvalue weighted by Gasteiger charge is 2.15. The molecule has 0 saturated carbocycles. The minimum Gasteiger partial charge on any atom is -0.398 e. The summed E-state index contributed by atoms with van der Waals surface area (Å²) in [7, 11) is -4.46. The molecule has 0 spiro atoms. The van der Waals surface area contributed by atoms with Gasteiger partial charge in [-0.25, -0.2) is 4.21 Å². The van der Waals surface area contributed by atoms with Gasteiger partial charge in [0.25, 0.3) is 10.1 Å². The molecule has 0 saturated heterocycles. The molecular formula is C6H7NO5S2. The zero-order valence-electron chi connectivity index (χ0n) is 6.75. The van der Waals surface area contributed by atoms with E-state index < -0.39 is 26.1 Å². The van der Waals surface area contributed by atoms with Crippen LogP contribution in [0.5, 0.6) is 0 Å². The highest BCUT2D eigenvalue weighted by Crippen LogP contribution is 2.20. The molecule has 1 rings (SSSR count). The van der Waals surface area contributed by atoms with Gasteiger partial charge in [-0.15, -0.1) is 0 Å². The van der Waals surface area contributed by atoms with Crippen LogP contribution in [-0.4, -0.2) is 21.7 Å². The van der Waals surface area contributed by atoms with Crippen LogP contribution in [0.1, 0.15) is 0 Å². The molecule has 0 aliphatic rings. The van der Waals surface area contributed by atoms with Crippen molar-refractivity contribution in [3.63, 3.8) is 0 Å². The fourth-order valence-corrected chi connectivity index (χ4v) is 1.97. The lowest BCUT2D eigenvalue weighted by atomic mass is 10.3. The first-order valence-corrected chi connectivity index (χ1v) is 5.85. The molecule has 8 heteroatoms. The summed E-state index contributed by atoms with van der Waals surface area (Å²) >= 11 is -2.31. The number of rotatable bonds is 2. The van der Waals surface area contributed by atoms with E-state index in [1.54, 1.807) is 0 Å². The second-order valence-corrected chi connectivity index (χ2v) is 4.78. The van der Waals surface area contributed by atoms with E-state index in [-0.39, 0.29) is 10.6 Å². The third-order valence-electron chi connectivity index (χ3n) is 1.46. The standard InChI is InChI=1S/C6H7NO5S2/c7-5-2-1-4(13(8)9)3-6(5)14(10,11)12/h1-3H,7H2,(H,8,9)(H,10,11,12). The lowest BCUT2D eigenvalue weighted by Crippen LogP contribution is -2.04. The van der Waals surface area contributed by atoms with Gasteiger partial charge in [0.05, 0.1) is 10.6 Å². The van der Waals surface area contributed by atoms with Crippen LogP contribution in [0.3, 0.4) is 0 Å². The summed E-state index contributed by atoms with van der Waals surface area (Å²) in [4.78, 5) is -0.718. The molecule has 0 bridgehead atoms. The summed E-state index contributed by atoms with van der Waals surface area (Å²) in [6.45, 7) is 0. The van der Waals surface area contributed by atoms with Gasteiger partial charge >= 0.3 is 0 Å². The van der Waals surface area contributed by atoms with Gasteiger partial charge in [0.1, 0.15) is 4.90 Å². The van der Waals surface area contributed by atoms with Gasteiger partial charge in [-0.1, -0.05) is 0 Å². The van der Waals surface area contributed by atoms with Crippen molar-refractivity contribution in [2.45, 2.75) is 9.79 Å². The van der Waals surface area contributed by atoms with Crippen LogP contribution in [-0.2, 0) is 21.2 Å². The van der Waals surface area contributed by atoms with Gasteiger partial charge in [0, 0.05) is 0 Å². The summed E-state index contributed by atoms with van der Waals surface area (Å²) in [6.07, 6.45) is 0. The third-order valence-corrected chi connectivity index (χ3v) is 3.03. The molecule has 1 unspecified atom stereocenters. The minimum atomic E-state index is -4.46. The zero-order chi connectivity index (χ0) is 10.9. The third kappa shape index (κ3) is 2.29. The van der Waals surface area contributed by atoms with Gasteiger partial charge in [0.15, 0.2) is 11.1 Å². The second kappa shape index (κ2) is 3.65. The Bertz CT molecular complexity index is 481. The second-order valence-electron chi connectivity index (χ2n) is 2.42. The fourth-order valence-electron chi connectivity index (χ4n) is 0.847. The Hall–Kier alpha value is -0.960. The van der Waals surface area contributed by atoms with Crippen molar-refractivity contribution in [1.29, 1.82) is 0 Å². The van der Waals surface area contributed by atoms with E-state index in [0.717, 1.165) is 12.1 Å². The molecule has 4 N–H and O–H groups in total. The van der Waals surface area contributed by atoms with Crippen LogP contribution in [0.15, 0.2) is 28.0 Å². The quantitative estimate of drug-likeness (QED) is 0.381. The maximum absolute atomic E-state index is 10.7. The number of anilines is 1. The van der Waals surface area contributed by atoms with Crippen molar-refractivity contribution in [2.24, 2.45) is 0 Å². The van der Waals surface area contributed by atoms with Crippen molar-refractivity contribution in [3.8, 4) is 0 Å². The lowest BCUT2D eigenvalue weighted by Gasteiger charge is -2.03. The van der Waals surface area contributed by atoms with Crippen molar-refractivity contribution in [3.05, 3.63) is 18.2 Å². The Labute approximate surface area is 82.8 Å². The minimum absolute atomic E-state index is 0.146. The monoisotopic (exact) mass is 237 g/mol. The first-order chi connectivity index (χ1) is 6.32. The Morgan fingerprint density at radius 3 is 2.36 bits per heavy atom. The maximum Gasteiger partial charge on any atom is 0.296 e. The molecule has 14 heavy (non-hydrogen) atoms. The Morgan fingerprint density at radius 2 is 1.93 bits per heavy atom. The number of benzene rings is 1. The van der Waals surface area contributed by atoms with Crippen molar-refractivity contribution >= 4 is 26.9 Å².